The Morgan fingerprint density at radius 3 is 2.64 bits per heavy atom. The number of hydrogen-bond donors (Lipinski definition) is 1. The number of hydrogen-bond acceptors (Lipinski definition) is 3. The first-order valence-electron chi connectivity index (χ1n) is 7.93. The number of rotatable bonds is 6. The van der Waals surface area contributed by atoms with Crippen LogP contribution >= 0.6 is 0 Å². The third-order valence-electron chi connectivity index (χ3n) is 3.89. The van der Waals surface area contributed by atoms with E-state index in [2.05, 4.69) is 53.7 Å². The first kappa shape index (κ1) is 14.6. The lowest BCUT2D eigenvalue weighted by Crippen LogP contribution is -2.16. The van der Waals surface area contributed by atoms with Crippen LogP contribution in [0.4, 0.5) is 5.69 Å². The van der Waals surface area contributed by atoms with E-state index >= 15 is 0 Å². The molecule has 0 saturated heterocycles. The number of aryl methyl sites for hydroxylation is 1. The molecule has 0 amide bonds. The molecular weight excluding hydrogens is 272 g/mol. The maximum atomic E-state index is 4.25. The first-order chi connectivity index (χ1) is 10.8. The van der Waals surface area contributed by atoms with Gasteiger partial charge in [0.2, 0.25) is 0 Å². The number of aromatic nitrogens is 3. The summed E-state index contributed by atoms with van der Waals surface area (Å²) >= 11 is 0. The van der Waals surface area contributed by atoms with E-state index in [1.807, 2.05) is 28.9 Å². The van der Waals surface area contributed by atoms with Gasteiger partial charge in [-0.3, -0.25) is 0 Å². The van der Waals surface area contributed by atoms with E-state index in [0.717, 1.165) is 23.1 Å². The van der Waals surface area contributed by atoms with Crippen LogP contribution in [0.5, 0.6) is 0 Å². The summed E-state index contributed by atoms with van der Waals surface area (Å²) in [5, 5.41) is 11.9. The van der Waals surface area contributed by atoms with Gasteiger partial charge >= 0.3 is 0 Å². The van der Waals surface area contributed by atoms with E-state index in [9.17, 15) is 0 Å². The Labute approximate surface area is 131 Å². The van der Waals surface area contributed by atoms with Crippen molar-refractivity contribution >= 4 is 16.7 Å². The van der Waals surface area contributed by atoms with E-state index in [0.29, 0.717) is 0 Å². The molecule has 1 N–H and O–H groups in total. The summed E-state index contributed by atoms with van der Waals surface area (Å²) in [5.41, 5.74) is 4.46. The number of anilines is 1. The average molecular weight is 294 g/mol. The fourth-order valence-electron chi connectivity index (χ4n) is 2.62. The predicted molar refractivity (Wildman–Crippen MR) is 90.9 cm³/mol. The zero-order chi connectivity index (χ0) is 15.4. The number of benzene rings is 2. The molecule has 0 bridgehead atoms. The summed E-state index contributed by atoms with van der Waals surface area (Å²) in [6.45, 7) is 4.31. The van der Waals surface area contributed by atoms with Crippen molar-refractivity contribution in [3.63, 3.8) is 0 Å². The van der Waals surface area contributed by atoms with Crippen molar-refractivity contribution in [2.75, 3.05) is 5.32 Å². The smallest absolute Gasteiger partial charge is 0.120 e. The van der Waals surface area contributed by atoms with Crippen LogP contribution in [0, 0.1) is 0 Å². The van der Waals surface area contributed by atoms with Gasteiger partial charge in [-0.1, -0.05) is 42.8 Å². The molecule has 0 radical (unpaired) electrons. The van der Waals surface area contributed by atoms with Gasteiger partial charge in [0.1, 0.15) is 11.7 Å². The second-order valence-corrected chi connectivity index (χ2v) is 5.64. The minimum Gasteiger partial charge on any atom is -0.364 e. The van der Waals surface area contributed by atoms with Crippen molar-refractivity contribution < 1.29 is 0 Å². The molecule has 2 aromatic carbocycles. The molecule has 0 aliphatic rings. The zero-order valence-corrected chi connectivity index (χ0v) is 13.2. The predicted octanol–water partition coefficient (Wildman–Crippen LogP) is 4.40. The lowest BCUT2D eigenvalue weighted by molar-refractivity contribution is 0.542. The number of unbranched alkanes of at least 4 members (excludes halogenated alkanes) is 1. The zero-order valence-electron chi connectivity index (χ0n) is 13.2. The van der Waals surface area contributed by atoms with E-state index in [1.54, 1.807) is 0 Å². The molecule has 1 unspecified atom stereocenters. The van der Waals surface area contributed by atoms with Gasteiger partial charge in [-0.2, -0.15) is 0 Å². The molecule has 1 heterocycles. The maximum absolute atomic E-state index is 4.25. The summed E-state index contributed by atoms with van der Waals surface area (Å²) in [6, 6.07) is 16.7. The molecule has 22 heavy (non-hydrogen) atoms. The van der Waals surface area contributed by atoms with Crippen molar-refractivity contribution in [1.82, 2.24) is 15.0 Å². The fraction of sp³-hybridized carbons (Fsp3) is 0.333. The Balaban J connectivity index is 1.72. The van der Waals surface area contributed by atoms with Crippen LogP contribution in [-0.4, -0.2) is 15.0 Å². The lowest BCUT2D eigenvalue weighted by atomic mass is 10.1. The van der Waals surface area contributed by atoms with Crippen molar-refractivity contribution in [3.05, 3.63) is 54.1 Å². The van der Waals surface area contributed by atoms with Gasteiger partial charge < -0.3 is 5.32 Å². The van der Waals surface area contributed by atoms with Gasteiger partial charge in [0.25, 0.3) is 0 Å². The standard InChI is InChI=1S/C18H22N4/c1-3-4-7-15-10-12-16(13-11-15)19-14(2)22-18-9-6-5-8-17(18)20-21-22/h5-6,8-14,19H,3-4,7H2,1-2H3. The van der Waals surface area contributed by atoms with Gasteiger partial charge in [-0.15, -0.1) is 5.10 Å². The van der Waals surface area contributed by atoms with E-state index in [-0.39, 0.29) is 6.17 Å². The molecule has 4 nitrogen and oxygen atoms in total. The normalized spacial score (nSPS) is 12.5. The third kappa shape index (κ3) is 3.11. The summed E-state index contributed by atoms with van der Waals surface area (Å²) in [5.74, 6) is 0. The van der Waals surface area contributed by atoms with Gasteiger partial charge in [0, 0.05) is 5.69 Å². The Morgan fingerprint density at radius 2 is 1.86 bits per heavy atom. The lowest BCUT2D eigenvalue weighted by Gasteiger charge is -2.16. The van der Waals surface area contributed by atoms with E-state index < -0.39 is 0 Å². The highest BCUT2D eigenvalue weighted by molar-refractivity contribution is 5.74. The SMILES string of the molecule is CCCCc1ccc(NC(C)n2nnc3ccccc32)cc1. The number of nitrogens with one attached hydrogen (secondary N) is 1. The minimum absolute atomic E-state index is 0.0499. The molecule has 114 valence electrons. The Morgan fingerprint density at radius 1 is 1.09 bits per heavy atom. The summed E-state index contributed by atoms with van der Waals surface area (Å²) in [6.07, 6.45) is 3.68. The van der Waals surface area contributed by atoms with Crippen LogP contribution in [0.3, 0.4) is 0 Å². The van der Waals surface area contributed by atoms with Gasteiger partial charge in [-0.25, -0.2) is 4.68 Å². The highest BCUT2D eigenvalue weighted by Gasteiger charge is 2.10. The molecule has 0 aliphatic heterocycles. The van der Waals surface area contributed by atoms with Crippen molar-refractivity contribution in [1.29, 1.82) is 0 Å². The molecule has 0 saturated carbocycles. The summed E-state index contributed by atoms with van der Waals surface area (Å²) in [4.78, 5) is 0. The highest BCUT2D eigenvalue weighted by atomic mass is 15.5. The van der Waals surface area contributed by atoms with Gasteiger partial charge in [0.15, 0.2) is 0 Å². The average Bonchev–Trinajstić information content (AvgIpc) is 2.98. The summed E-state index contributed by atoms with van der Waals surface area (Å²) in [7, 11) is 0. The number of fused-ring (bicyclic) bond motifs is 1. The van der Waals surface area contributed by atoms with Crippen LogP contribution < -0.4 is 5.32 Å². The molecule has 1 aromatic heterocycles. The molecule has 0 fully saturated rings. The Kier molecular flexibility index (Phi) is 4.37. The van der Waals surface area contributed by atoms with E-state index in [4.69, 9.17) is 0 Å². The van der Waals surface area contributed by atoms with E-state index in [1.165, 1.54) is 18.4 Å². The Bertz CT molecular complexity index is 730. The second-order valence-electron chi connectivity index (χ2n) is 5.64. The second kappa shape index (κ2) is 6.60. The van der Waals surface area contributed by atoms with Crippen molar-refractivity contribution in [2.24, 2.45) is 0 Å². The van der Waals surface area contributed by atoms with Crippen LogP contribution in [0.2, 0.25) is 0 Å². The highest BCUT2D eigenvalue weighted by Crippen LogP contribution is 2.19. The van der Waals surface area contributed by atoms with Crippen LogP contribution in [0.1, 0.15) is 38.4 Å². The van der Waals surface area contributed by atoms with Gasteiger partial charge in [-0.05, 0) is 49.6 Å². The number of para-hydroxylation sites is 1. The fourth-order valence-corrected chi connectivity index (χ4v) is 2.62. The molecule has 3 aromatic rings. The molecule has 0 spiro atoms. The van der Waals surface area contributed by atoms with Crippen LogP contribution in [0.15, 0.2) is 48.5 Å². The van der Waals surface area contributed by atoms with Crippen LogP contribution in [0.25, 0.3) is 11.0 Å². The molecular formula is C18H22N4. The third-order valence-corrected chi connectivity index (χ3v) is 3.89. The monoisotopic (exact) mass is 294 g/mol. The van der Waals surface area contributed by atoms with Crippen LogP contribution in [-0.2, 0) is 6.42 Å². The molecule has 4 heteroatoms. The minimum atomic E-state index is 0.0499. The quantitative estimate of drug-likeness (QED) is 0.732. The molecule has 0 aliphatic carbocycles. The largest absolute Gasteiger partial charge is 0.364 e. The van der Waals surface area contributed by atoms with Crippen molar-refractivity contribution in [2.45, 2.75) is 39.3 Å². The maximum Gasteiger partial charge on any atom is 0.120 e. The van der Waals surface area contributed by atoms with Crippen molar-refractivity contribution in [3.8, 4) is 0 Å². The molecule has 3 rings (SSSR count). The number of nitrogens with zero attached hydrogens (tertiary/aromatic N) is 3. The summed E-state index contributed by atoms with van der Waals surface area (Å²) < 4.78 is 1.92. The Hall–Kier alpha value is -2.36. The topological polar surface area (TPSA) is 42.7 Å². The molecule has 1 atom stereocenters. The first-order valence-corrected chi connectivity index (χ1v) is 7.93. The van der Waals surface area contributed by atoms with Gasteiger partial charge in [0.05, 0.1) is 5.52 Å².